The van der Waals surface area contributed by atoms with Gasteiger partial charge < -0.3 is 9.53 Å². The number of rotatable bonds is 5. The van der Waals surface area contributed by atoms with Crippen LogP contribution >= 0.6 is 0 Å². The molecule has 1 aliphatic rings. The van der Waals surface area contributed by atoms with Crippen molar-refractivity contribution in [2.24, 2.45) is 0 Å². The van der Waals surface area contributed by atoms with E-state index in [1.165, 1.54) is 0 Å². The van der Waals surface area contributed by atoms with Crippen molar-refractivity contribution >= 4 is 8.32 Å². The Bertz CT molecular complexity index is 339. The van der Waals surface area contributed by atoms with Crippen LogP contribution in [-0.2, 0) is 4.43 Å². The first kappa shape index (κ1) is 15.7. The van der Waals surface area contributed by atoms with E-state index >= 15 is 0 Å². The zero-order chi connectivity index (χ0) is 14.0. The molecule has 0 aromatic carbocycles. The van der Waals surface area contributed by atoms with E-state index in [9.17, 15) is 5.11 Å². The third kappa shape index (κ3) is 3.34. The molecule has 0 saturated carbocycles. The van der Waals surface area contributed by atoms with Gasteiger partial charge in [0.1, 0.15) is 0 Å². The summed E-state index contributed by atoms with van der Waals surface area (Å²) in [5, 5.41) is 10.8. The molecule has 3 heteroatoms. The maximum atomic E-state index is 10.5. The summed E-state index contributed by atoms with van der Waals surface area (Å²) in [4.78, 5) is 0. The summed E-state index contributed by atoms with van der Waals surface area (Å²) in [6.07, 6.45) is 6.30. The van der Waals surface area contributed by atoms with E-state index in [0.717, 1.165) is 18.4 Å². The lowest BCUT2D eigenvalue weighted by Crippen LogP contribution is -2.42. The highest BCUT2D eigenvalue weighted by atomic mass is 28.4. The average molecular weight is 268 g/mol. The van der Waals surface area contributed by atoms with Crippen LogP contribution in [0.5, 0.6) is 0 Å². The van der Waals surface area contributed by atoms with Gasteiger partial charge in [0.15, 0.2) is 8.32 Å². The molecule has 18 heavy (non-hydrogen) atoms. The topological polar surface area (TPSA) is 29.5 Å². The average Bonchev–Trinajstić information content (AvgIpc) is 2.55. The molecule has 0 fully saturated rings. The SMILES string of the molecule is C=CC[C@]1(O)CCC=C1CO[Si](C)(C)C(C)(C)C. The Morgan fingerprint density at radius 3 is 2.61 bits per heavy atom. The minimum atomic E-state index is -1.74. The van der Waals surface area contributed by atoms with E-state index in [1.54, 1.807) is 6.08 Å². The number of aliphatic hydroxyl groups is 1. The molecule has 0 unspecified atom stereocenters. The molecular weight excluding hydrogens is 240 g/mol. The molecule has 1 aliphatic carbocycles. The molecule has 0 aromatic rings. The zero-order valence-corrected chi connectivity index (χ0v) is 13.5. The summed E-state index contributed by atoms with van der Waals surface area (Å²) < 4.78 is 6.20. The molecule has 0 saturated heterocycles. The highest BCUT2D eigenvalue weighted by Gasteiger charge is 2.39. The summed E-state index contributed by atoms with van der Waals surface area (Å²) in [6.45, 7) is 15.5. The van der Waals surface area contributed by atoms with Gasteiger partial charge in [0.2, 0.25) is 0 Å². The monoisotopic (exact) mass is 268 g/mol. The minimum absolute atomic E-state index is 0.211. The van der Waals surface area contributed by atoms with E-state index in [0.29, 0.717) is 13.0 Å². The van der Waals surface area contributed by atoms with E-state index in [4.69, 9.17) is 4.43 Å². The molecule has 2 nitrogen and oxygen atoms in total. The Hall–Kier alpha value is -0.383. The quantitative estimate of drug-likeness (QED) is 0.602. The van der Waals surface area contributed by atoms with Crippen LogP contribution in [0.1, 0.15) is 40.0 Å². The van der Waals surface area contributed by atoms with E-state index in [2.05, 4.69) is 46.5 Å². The normalized spacial score (nSPS) is 25.1. The number of allylic oxidation sites excluding steroid dienone is 1. The van der Waals surface area contributed by atoms with Gasteiger partial charge in [0, 0.05) is 0 Å². The van der Waals surface area contributed by atoms with Gasteiger partial charge in [-0.05, 0) is 43.0 Å². The highest BCUT2D eigenvalue weighted by molar-refractivity contribution is 6.74. The molecular formula is C15H28O2Si. The lowest BCUT2D eigenvalue weighted by Gasteiger charge is -2.37. The van der Waals surface area contributed by atoms with Crippen molar-refractivity contribution in [3.8, 4) is 0 Å². The molecule has 0 heterocycles. The third-order valence-corrected chi connectivity index (χ3v) is 8.90. The number of hydrogen-bond donors (Lipinski definition) is 1. The van der Waals surface area contributed by atoms with Gasteiger partial charge in [0.25, 0.3) is 0 Å². The first-order valence-electron chi connectivity index (χ1n) is 6.79. The van der Waals surface area contributed by atoms with Crippen molar-refractivity contribution in [2.45, 2.75) is 63.8 Å². The Morgan fingerprint density at radius 2 is 2.11 bits per heavy atom. The molecule has 1 N–H and O–H groups in total. The van der Waals surface area contributed by atoms with Gasteiger partial charge in [-0.3, -0.25) is 0 Å². The van der Waals surface area contributed by atoms with Crippen LogP contribution in [0.25, 0.3) is 0 Å². The zero-order valence-electron chi connectivity index (χ0n) is 12.5. The smallest absolute Gasteiger partial charge is 0.192 e. The van der Waals surface area contributed by atoms with Crippen molar-refractivity contribution < 1.29 is 9.53 Å². The second-order valence-electron chi connectivity index (χ2n) is 6.84. The van der Waals surface area contributed by atoms with Crippen LogP contribution in [0.15, 0.2) is 24.3 Å². The fourth-order valence-corrected chi connectivity index (χ4v) is 2.92. The van der Waals surface area contributed by atoms with Crippen molar-refractivity contribution in [1.82, 2.24) is 0 Å². The number of hydrogen-bond acceptors (Lipinski definition) is 2. The van der Waals surface area contributed by atoms with E-state index in [1.807, 2.05) is 0 Å². The third-order valence-electron chi connectivity index (χ3n) is 4.42. The van der Waals surface area contributed by atoms with Crippen LogP contribution in [0.3, 0.4) is 0 Å². The van der Waals surface area contributed by atoms with E-state index in [-0.39, 0.29) is 5.04 Å². The summed E-state index contributed by atoms with van der Waals surface area (Å²) in [7, 11) is -1.74. The summed E-state index contributed by atoms with van der Waals surface area (Å²) in [6, 6.07) is 0. The second kappa shape index (κ2) is 5.31. The standard InChI is InChI=1S/C15H28O2Si/c1-7-10-15(16)11-8-9-13(15)12-17-18(5,6)14(2,3)4/h7,9,16H,1,8,10-12H2,2-6H3/t15-/m0/s1. The molecule has 104 valence electrons. The predicted octanol–water partition coefficient (Wildman–Crippen LogP) is 4.04. The van der Waals surface area contributed by atoms with Gasteiger partial charge in [-0.25, -0.2) is 0 Å². The van der Waals surface area contributed by atoms with Crippen molar-refractivity contribution in [2.75, 3.05) is 6.61 Å². The van der Waals surface area contributed by atoms with Crippen molar-refractivity contribution in [3.05, 3.63) is 24.3 Å². The molecule has 1 rings (SSSR count). The lowest BCUT2D eigenvalue weighted by atomic mass is 9.92. The Kier molecular flexibility index (Phi) is 4.63. The molecule has 0 aliphatic heterocycles. The summed E-state index contributed by atoms with van der Waals surface area (Å²) in [5.41, 5.74) is 0.344. The van der Waals surface area contributed by atoms with Gasteiger partial charge in [-0.2, -0.15) is 0 Å². The first-order valence-corrected chi connectivity index (χ1v) is 9.70. The van der Waals surface area contributed by atoms with Gasteiger partial charge in [-0.15, -0.1) is 6.58 Å². The maximum absolute atomic E-state index is 10.5. The summed E-state index contributed by atoms with van der Waals surface area (Å²) >= 11 is 0. The highest BCUT2D eigenvalue weighted by Crippen LogP contribution is 2.39. The van der Waals surface area contributed by atoms with Crippen LogP contribution in [0, 0.1) is 0 Å². The molecule has 1 atom stereocenters. The van der Waals surface area contributed by atoms with Crippen molar-refractivity contribution in [1.29, 1.82) is 0 Å². The maximum Gasteiger partial charge on any atom is 0.192 e. The largest absolute Gasteiger partial charge is 0.413 e. The van der Waals surface area contributed by atoms with E-state index < -0.39 is 13.9 Å². The summed E-state index contributed by atoms with van der Waals surface area (Å²) in [5.74, 6) is 0. The van der Waals surface area contributed by atoms with Gasteiger partial charge >= 0.3 is 0 Å². The van der Waals surface area contributed by atoms with Gasteiger partial charge in [-0.1, -0.05) is 32.9 Å². The van der Waals surface area contributed by atoms with Crippen LogP contribution in [-0.4, -0.2) is 25.6 Å². The molecule has 0 spiro atoms. The fraction of sp³-hybridized carbons (Fsp3) is 0.733. The fourth-order valence-electron chi connectivity index (χ4n) is 1.98. The molecule has 0 amide bonds. The molecule has 0 radical (unpaired) electrons. The first-order chi connectivity index (χ1) is 8.12. The predicted molar refractivity (Wildman–Crippen MR) is 80.2 cm³/mol. The Balaban J connectivity index is 2.67. The van der Waals surface area contributed by atoms with Crippen molar-refractivity contribution in [3.63, 3.8) is 0 Å². The van der Waals surface area contributed by atoms with Gasteiger partial charge in [0.05, 0.1) is 12.2 Å². The Morgan fingerprint density at radius 1 is 1.50 bits per heavy atom. The lowest BCUT2D eigenvalue weighted by molar-refractivity contribution is 0.0719. The Labute approximate surface area is 113 Å². The van der Waals surface area contributed by atoms with Crippen LogP contribution < -0.4 is 0 Å². The van der Waals surface area contributed by atoms with Crippen LogP contribution in [0.4, 0.5) is 0 Å². The second-order valence-corrected chi connectivity index (χ2v) is 11.7. The van der Waals surface area contributed by atoms with Crippen LogP contribution in [0.2, 0.25) is 18.1 Å². The minimum Gasteiger partial charge on any atom is -0.413 e. The molecule has 0 aromatic heterocycles. The molecule has 0 bridgehead atoms.